The number of rotatable bonds is 9. The zero-order valence-electron chi connectivity index (χ0n) is 22.4. The quantitative estimate of drug-likeness (QED) is 0.154. The average molecular weight is 624 g/mol. The van der Waals surface area contributed by atoms with Crippen LogP contribution in [0, 0.1) is 0 Å². The topological polar surface area (TPSA) is 165 Å². The highest BCUT2D eigenvalue weighted by atomic mass is 32.2. The van der Waals surface area contributed by atoms with Gasteiger partial charge in [-0.3, -0.25) is 24.2 Å². The van der Waals surface area contributed by atoms with Crippen molar-refractivity contribution in [1.82, 2.24) is 30.0 Å². The Kier molecular flexibility index (Phi) is 8.54. The van der Waals surface area contributed by atoms with Crippen LogP contribution in [0.2, 0.25) is 0 Å². The number of carbonyl (C=O) groups is 4. The van der Waals surface area contributed by atoms with Crippen molar-refractivity contribution in [3.63, 3.8) is 0 Å². The summed E-state index contributed by atoms with van der Waals surface area (Å²) in [7, 11) is 1.67. The van der Waals surface area contributed by atoms with E-state index in [9.17, 15) is 24.3 Å². The molecule has 2 aliphatic rings. The predicted molar refractivity (Wildman–Crippen MR) is 159 cm³/mol. The lowest BCUT2D eigenvalue weighted by Crippen LogP contribution is -2.72. The number of thiocarbonyl (C=S) groups is 1. The number of aliphatic carboxylic acids is 1. The molecule has 12 nitrogen and oxygen atoms in total. The standard InChI is InChI=1S/C27H25N7O5S3/c1-14(35)17-10-6-7-11-18(17)24(40)33(22(36)19(28)15-8-4-3-5-9-15)21-23(37)34-20(26(38)39)16(12-41-25(21)34)13-42-27-29-30-31-32(27)2/h3-11,19,21,25H,12-13,28H2,1-2H3,(H,38,39)/t19-,21?,25-/m1/s1. The molecule has 2 aromatic carbocycles. The molecule has 42 heavy (non-hydrogen) atoms. The molecule has 3 atom stereocenters. The lowest BCUT2D eigenvalue weighted by Gasteiger charge is -2.53. The van der Waals surface area contributed by atoms with E-state index < -0.39 is 35.2 Å². The minimum absolute atomic E-state index is 0.0345. The van der Waals surface area contributed by atoms with Crippen molar-refractivity contribution >= 4 is 64.3 Å². The Balaban J connectivity index is 1.51. The average Bonchev–Trinajstić information content (AvgIpc) is 3.41. The SMILES string of the molecule is CC(=O)c1ccccc1C(=S)N(C(=O)[C@H](N)c1ccccc1)C1C(=O)N2C(C(=O)O)=C(CSc3nnnn3C)CS[C@H]12. The lowest BCUT2D eigenvalue weighted by atomic mass is 9.96. The Labute approximate surface area is 254 Å². The molecular weight excluding hydrogens is 599 g/mol. The zero-order chi connectivity index (χ0) is 30.1. The van der Waals surface area contributed by atoms with Crippen LogP contribution >= 0.6 is 35.7 Å². The Morgan fingerprint density at radius 2 is 1.83 bits per heavy atom. The normalized spacial score (nSPS) is 18.6. The van der Waals surface area contributed by atoms with Crippen LogP contribution < -0.4 is 5.73 Å². The number of hydrogen-bond donors (Lipinski definition) is 2. The van der Waals surface area contributed by atoms with E-state index in [1.54, 1.807) is 61.6 Å². The van der Waals surface area contributed by atoms with Crippen molar-refractivity contribution in [1.29, 1.82) is 0 Å². The molecule has 0 bridgehead atoms. The highest BCUT2D eigenvalue weighted by Crippen LogP contribution is 2.44. The lowest BCUT2D eigenvalue weighted by molar-refractivity contribution is -0.156. The van der Waals surface area contributed by atoms with Gasteiger partial charge < -0.3 is 10.8 Å². The molecule has 3 N–H and O–H groups in total. The molecule has 0 spiro atoms. The van der Waals surface area contributed by atoms with Crippen molar-refractivity contribution in [2.75, 3.05) is 11.5 Å². The number of amides is 2. The van der Waals surface area contributed by atoms with Crippen LogP contribution in [0.5, 0.6) is 0 Å². The number of carboxylic acid groups (broad SMARTS) is 1. The number of nitrogens with two attached hydrogens (primary N) is 1. The van der Waals surface area contributed by atoms with Crippen LogP contribution in [-0.4, -0.2) is 86.6 Å². The van der Waals surface area contributed by atoms with Gasteiger partial charge in [0.05, 0.1) is 0 Å². The Bertz CT molecular complexity index is 1630. The minimum Gasteiger partial charge on any atom is -0.477 e. The first-order valence-corrected chi connectivity index (χ1v) is 15.1. The highest BCUT2D eigenvalue weighted by Gasteiger charge is 2.58. The molecule has 216 valence electrons. The Hall–Kier alpha value is -3.92. The number of aromatic nitrogens is 4. The van der Waals surface area contributed by atoms with Crippen molar-refractivity contribution in [3.05, 3.63) is 82.6 Å². The highest BCUT2D eigenvalue weighted by molar-refractivity contribution is 8.01. The third-order valence-electron chi connectivity index (χ3n) is 6.87. The Morgan fingerprint density at radius 1 is 1.17 bits per heavy atom. The summed E-state index contributed by atoms with van der Waals surface area (Å²) in [6, 6.07) is 12.9. The number of hydrogen-bond acceptors (Lipinski definition) is 11. The van der Waals surface area contributed by atoms with Gasteiger partial charge >= 0.3 is 5.97 Å². The van der Waals surface area contributed by atoms with E-state index in [1.807, 2.05) is 0 Å². The molecule has 0 saturated carbocycles. The van der Waals surface area contributed by atoms with Crippen molar-refractivity contribution in [3.8, 4) is 0 Å². The number of fused-ring (bicyclic) bond motifs is 1. The molecule has 1 saturated heterocycles. The monoisotopic (exact) mass is 623 g/mol. The van der Waals surface area contributed by atoms with Crippen LogP contribution in [0.4, 0.5) is 0 Å². The fourth-order valence-corrected chi connectivity index (χ4v) is 7.56. The van der Waals surface area contributed by atoms with E-state index in [1.165, 1.54) is 40.0 Å². The van der Waals surface area contributed by atoms with E-state index >= 15 is 0 Å². The number of ketones is 1. The van der Waals surface area contributed by atoms with E-state index in [2.05, 4.69) is 15.5 Å². The first-order chi connectivity index (χ1) is 20.1. The summed E-state index contributed by atoms with van der Waals surface area (Å²) in [5.74, 6) is -2.24. The summed E-state index contributed by atoms with van der Waals surface area (Å²) in [6.45, 7) is 1.39. The fourth-order valence-electron chi connectivity index (χ4n) is 4.80. The van der Waals surface area contributed by atoms with Gasteiger partial charge in [-0.15, -0.1) is 16.9 Å². The molecule has 5 rings (SSSR count). The van der Waals surface area contributed by atoms with Crippen molar-refractivity contribution in [2.24, 2.45) is 12.8 Å². The van der Waals surface area contributed by atoms with Gasteiger partial charge in [0.1, 0.15) is 28.1 Å². The summed E-state index contributed by atoms with van der Waals surface area (Å²) in [4.78, 5) is 55.0. The number of carbonyl (C=O) groups excluding carboxylic acids is 3. The number of nitrogens with zero attached hydrogens (tertiary/aromatic N) is 6. The number of benzene rings is 2. The summed E-state index contributed by atoms with van der Waals surface area (Å²) >= 11 is 8.36. The molecule has 2 aliphatic heterocycles. The first kappa shape index (κ1) is 29.6. The number of carboxylic acids is 1. The molecule has 0 radical (unpaired) electrons. The van der Waals surface area contributed by atoms with E-state index in [-0.39, 0.29) is 33.5 Å². The molecule has 1 unspecified atom stereocenters. The van der Waals surface area contributed by atoms with Crippen LogP contribution in [0.15, 0.2) is 71.0 Å². The molecule has 15 heteroatoms. The third kappa shape index (κ3) is 5.35. The number of aryl methyl sites for hydroxylation is 1. The van der Waals surface area contributed by atoms with Gasteiger partial charge in [0, 0.05) is 29.7 Å². The summed E-state index contributed by atoms with van der Waals surface area (Å²) in [6.07, 6.45) is 0. The van der Waals surface area contributed by atoms with E-state index in [0.717, 1.165) is 4.90 Å². The van der Waals surface area contributed by atoms with Crippen LogP contribution in [-0.2, 0) is 21.4 Å². The van der Waals surface area contributed by atoms with Crippen LogP contribution in [0.25, 0.3) is 0 Å². The number of thioether (sulfide) groups is 2. The van der Waals surface area contributed by atoms with Crippen LogP contribution in [0.3, 0.4) is 0 Å². The zero-order valence-corrected chi connectivity index (χ0v) is 24.9. The van der Waals surface area contributed by atoms with Gasteiger partial charge in [-0.25, -0.2) is 9.48 Å². The fraction of sp³-hybridized carbons (Fsp3) is 0.259. The molecule has 2 amide bonds. The smallest absolute Gasteiger partial charge is 0.352 e. The second-order valence-electron chi connectivity index (χ2n) is 9.49. The van der Waals surface area contributed by atoms with E-state index in [0.29, 0.717) is 21.9 Å². The maximum Gasteiger partial charge on any atom is 0.352 e. The molecule has 0 aliphatic carbocycles. The largest absolute Gasteiger partial charge is 0.477 e. The molecule has 1 aromatic heterocycles. The second-order valence-corrected chi connectivity index (χ2v) is 11.9. The van der Waals surface area contributed by atoms with Crippen molar-refractivity contribution < 1.29 is 24.3 Å². The van der Waals surface area contributed by atoms with Crippen LogP contribution in [0.1, 0.15) is 34.5 Å². The van der Waals surface area contributed by atoms with Gasteiger partial charge in [-0.1, -0.05) is 78.6 Å². The summed E-state index contributed by atoms with van der Waals surface area (Å²) in [5, 5.41) is 21.2. The molecule has 3 heterocycles. The molecular formula is C27H25N7O5S3. The summed E-state index contributed by atoms with van der Waals surface area (Å²) < 4.78 is 1.47. The first-order valence-electron chi connectivity index (χ1n) is 12.6. The maximum atomic E-state index is 14.0. The third-order valence-corrected chi connectivity index (χ3v) is 9.71. The number of β-lactam (4-membered cyclic amide) rings is 1. The van der Waals surface area contributed by atoms with E-state index in [4.69, 9.17) is 18.0 Å². The van der Waals surface area contributed by atoms with Gasteiger partial charge in [0.25, 0.3) is 5.91 Å². The predicted octanol–water partition coefficient (Wildman–Crippen LogP) is 2.03. The van der Waals surface area contributed by atoms with Gasteiger partial charge in [-0.2, -0.15) is 0 Å². The second kappa shape index (κ2) is 12.1. The van der Waals surface area contributed by atoms with Gasteiger partial charge in [-0.05, 0) is 28.5 Å². The van der Waals surface area contributed by atoms with Gasteiger partial charge in [0.2, 0.25) is 11.1 Å². The molecule has 3 aromatic rings. The summed E-state index contributed by atoms with van der Waals surface area (Å²) in [5.41, 5.74) is 7.90. The minimum atomic E-state index is -1.26. The maximum absolute atomic E-state index is 14.0. The van der Waals surface area contributed by atoms with Gasteiger partial charge in [0.15, 0.2) is 5.78 Å². The number of Topliss-reactive ketones (excluding diaryl/α,β-unsaturated/α-hetero) is 1. The Morgan fingerprint density at radius 3 is 2.45 bits per heavy atom. The molecule has 1 fully saturated rings. The number of tetrazole rings is 1. The van der Waals surface area contributed by atoms with Crippen molar-refractivity contribution in [2.45, 2.75) is 29.5 Å².